The second kappa shape index (κ2) is 6.86. The third kappa shape index (κ3) is 3.37. The predicted molar refractivity (Wildman–Crippen MR) is 86.6 cm³/mol. The summed E-state index contributed by atoms with van der Waals surface area (Å²) in [6.07, 6.45) is 1.61. The summed E-state index contributed by atoms with van der Waals surface area (Å²) < 4.78 is 1.51. The van der Waals surface area contributed by atoms with Crippen LogP contribution in [0.5, 0.6) is 0 Å². The maximum Gasteiger partial charge on any atom is 0.291 e. The molecule has 0 aliphatic rings. The van der Waals surface area contributed by atoms with E-state index in [0.717, 1.165) is 5.69 Å². The molecule has 122 valence electrons. The molecule has 2 amide bonds. The molecule has 3 rings (SSSR count). The molecule has 3 aromatic rings. The minimum atomic E-state index is -0.408. The van der Waals surface area contributed by atoms with E-state index in [4.69, 9.17) is 0 Å². The fourth-order valence-corrected chi connectivity index (χ4v) is 2.13. The molecule has 0 bridgehead atoms. The van der Waals surface area contributed by atoms with Crippen LogP contribution in [-0.2, 0) is 0 Å². The van der Waals surface area contributed by atoms with Gasteiger partial charge in [0, 0.05) is 30.5 Å². The van der Waals surface area contributed by atoms with Gasteiger partial charge in [0.25, 0.3) is 17.6 Å². The van der Waals surface area contributed by atoms with E-state index in [1.165, 1.54) is 4.52 Å². The normalized spacial score (nSPS) is 10.5. The first-order valence-electron chi connectivity index (χ1n) is 7.45. The van der Waals surface area contributed by atoms with Crippen molar-refractivity contribution in [3.8, 4) is 0 Å². The highest BCUT2D eigenvalue weighted by molar-refractivity contribution is 5.94. The Morgan fingerprint density at radius 2 is 1.75 bits per heavy atom. The quantitative estimate of drug-likeness (QED) is 0.669. The van der Waals surface area contributed by atoms with E-state index < -0.39 is 5.91 Å². The van der Waals surface area contributed by atoms with Gasteiger partial charge in [0.1, 0.15) is 0 Å². The second-order valence-electron chi connectivity index (χ2n) is 5.11. The smallest absolute Gasteiger partial charge is 0.291 e. The molecule has 0 atom stereocenters. The van der Waals surface area contributed by atoms with E-state index in [-0.39, 0.29) is 18.3 Å². The third-order valence-corrected chi connectivity index (χ3v) is 3.37. The van der Waals surface area contributed by atoms with Crippen molar-refractivity contribution in [2.45, 2.75) is 6.92 Å². The number of hydrogen-bond acceptors (Lipinski definition) is 5. The van der Waals surface area contributed by atoms with E-state index in [0.29, 0.717) is 17.9 Å². The van der Waals surface area contributed by atoms with Crippen LogP contribution in [0.1, 0.15) is 26.7 Å². The first-order valence-corrected chi connectivity index (χ1v) is 7.45. The molecule has 0 radical (unpaired) electrons. The van der Waals surface area contributed by atoms with E-state index in [2.05, 4.69) is 25.7 Å². The molecule has 2 aromatic heterocycles. The number of fused-ring (bicyclic) bond motifs is 1. The molecular weight excluding hydrogens is 308 g/mol. The van der Waals surface area contributed by atoms with Crippen LogP contribution in [-0.4, -0.2) is 44.5 Å². The highest BCUT2D eigenvalue weighted by atomic mass is 16.2. The Kier molecular flexibility index (Phi) is 4.46. The Hall–Kier alpha value is -3.29. The molecule has 0 unspecified atom stereocenters. The van der Waals surface area contributed by atoms with Crippen LogP contribution in [0.3, 0.4) is 0 Å². The standard InChI is InChI=1S/C16H16N6O2/c1-11-7-8-19-16-20-13(21-22(11)16)15(24)18-10-9-17-14(23)12-5-3-2-4-6-12/h2-8H,9-10H2,1H3,(H,17,23)(H,18,24). The summed E-state index contributed by atoms with van der Waals surface area (Å²) in [5.74, 6) is -0.173. The van der Waals surface area contributed by atoms with Crippen molar-refractivity contribution in [1.29, 1.82) is 0 Å². The van der Waals surface area contributed by atoms with Gasteiger partial charge in [-0.3, -0.25) is 9.59 Å². The molecule has 0 saturated heterocycles. The summed E-state index contributed by atoms with van der Waals surface area (Å²) in [6.45, 7) is 2.44. The fourth-order valence-electron chi connectivity index (χ4n) is 2.13. The number of carbonyl (C=O) groups excluding carboxylic acids is 2. The average Bonchev–Trinajstić information content (AvgIpc) is 3.05. The summed E-state index contributed by atoms with van der Waals surface area (Å²) >= 11 is 0. The molecule has 8 heteroatoms. The summed E-state index contributed by atoms with van der Waals surface area (Å²) in [7, 11) is 0. The lowest BCUT2D eigenvalue weighted by Crippen LogP contribution is -2.35. The van der Waals surface area contributed by atoms with Gasteiger partial charge < -0.3 is 10.6 Å². The molecule has 0 aliphatic carbocycles. The van der Waals surface area contributed by atoms with Crippen molar-refractivity contribution >= 4 is 17.6 Å². The Balaban J connectivity index is 1.52. The lowest BCUT2D eigenvalue weighted by molar-refractivity contribution is 0.0922. The van der Waals surface area contributed by atoms with E-state index in [9.17, 15) is 9.59 Å². The van der Waals surface area contributed by atoms with E-state index >= 15 is 0 Å². The molecule has 0 fully saturated rings. The zero-order valence-electron chi connectivity index (χ0n) is 13.1. The van der Waals surface area contributed by atoms with Gasteiger partial charge in [0.15, 0.2) is 0 Å². The lowest BCUT2D eigenvalue weighted by Gasteiger charge is -2.05. The van der Waals surface area contributed by atoms with Gasteiger partial charge in [-0.1, -0.05) is 18.2 Å². The van der Waals surface area contributed by atoms with E-state index in [1.807, 2.05) is 13.0 Å². The predicted octanol–water partition coefficient (Wildman–Crippen LogP) is 0.593. The number of aryl methyl sites for hydroxylation is 1. The van der Waals surface area contributed by atoms with Crippen molar-refractivity contribution in [2.24, 2.45) is 0 Å². The summed E-state index contributed by atoms with van der Waals surface area (Å²) in [5.41, 5.74) is 1.41. The van der Waals surface area contributed by atoms with Gasteiger partial charge >= 0.3 is 0 Å². The van der Waals surface area contributed by atoms with Crippen LogP contribution in [0.4, 0.5) is 0 Å². The molecule has 1 aromatic carbocycles. The molecule has 0 aliphatic heterocycles. The van der Waals surface area contributed by atoms with Gasteiger partial charge in [0.05, 0.1) is 0 Å². The SMILES string of the molecule is Cc1ccnc2nc(C(=O)NCCNC(=O)c3ccccc3)nn12. The lowest BCUT2D eigenvalue weighted by atomic mass is 10.2. The number of nitrogens with zero attached hydrogens (tertiary/aromatic N) is 4. The Bertz CT molecular complexity index is 875. The van der Waals surface area contributed by atoms with Crippen molar-refractivity contribution in [2.75, 3.05) is 13.1 Å². The van der Waals surface area contributed by atoms with Gasteiger partial charge in [-0.2, -0.15) is 4.98 Å². The van der Waals surface area contributed by atoms with Crippen molar-refractivity contribution in [3.63, 3.8) is 0 Å². The maximum absolute atomic E-state index is 12.1. The number of hydrogen-bond donors (Lipinski definition) is 2. The average molecular weight is 324 g/mol. The van der Waals surface area contributed by atoms with Gasteiger partial charge in [-0.15, -0.1) is 5.10 Å². The van der Waals surface area contributed by atoms with Gasteiger partial charge in [0.2, 0.25) is 5.82 Å². The molecular formula is C16H16N6O2. The number of benzene rings is 1. The van der Waals surface area contributed by atoms with Crippen LogP contribution in [0.15, 0.2) is 42.6 Å². The largest absolute Gasteiger partial charge is 0.350 e. The Morgan fingerprint density at radius 3 is 2.46 bits per heavy atom. The van der Waals surface area contributed by atoms with Crippen molar-refractivity contribution in [1.82, 2.24) is 30.2 Å². The summed E-state index contributed by atoms with van der Waals surface area (Å²) in [4.78, 5) is 32.0. The topological polar surface area (TPSA) is 101 Å². The number of aromatic nitrogens is 4. The van der Waals surface area contributed by atoms with Gasteiger partial charge in [-0.05, 0) is 25.1 Å². The monoisotopic (exact) mass is 324 g/mol. The molecule has 8 nitrogen and oxygen atoms in total. The molecule has 2 heterocycles. The first kappa shape index (κ1) is 15.6. The Morgan fingerprint density at radius 1 is 1.04 bits per heavy atom. The molecule has 2 N–H and O–H groups in total. The van der Waals surface area contributed by atoms with Crippen molar-refractivity contribution < 1.29 is 9.59 Å². The molecule has 24 heavy (non-hydrogen) atoms. The van der Waals surface area contributed by atoms with Gasteiger partial charge in [-0.25, -0.2) is 9.50 Å². The number of rotatable bonds is 5. The summed E-state index contributed by atoms with van der Waals surface area (Å²) in [6, 6.07) is 10.7. The molecule has 0 spiro atoms. The third-order valence-electron chi connectivity index (χ3n) is 3.37. The van der Waals surface area contributed by atoms with E-state index in [1.54, 1.807) is 36.5 Å². The van der Waals surface area contributed by atoms with Crippen LogP contribution < -0.4 is 10.6 Å². The minimum Gasteiger partial charge on any atom is -0.350 e. The zero-order valence-corrected chi connectivity index (χ0v) is 13.1. The zero-order chi connectivity index (χ0) is 16.9. The summed E-state index contributed by atoms with van der Waals surface area (Å²) in [5, 5.41) is 9.51. The minimum absolute atomic E-state index is 0.0474. The number of amides is 2. The van der Waals surface area contributed by atoms with Crippen LogP contribution in [0.2, 0.25) is 0 Å². The van der Waals surface area contributed by atoms with Crippen LogP contribution in [0, 0.1) is 6.92 Å². The van der Waals surface area contributed by atoms with Crippen molar-refractivity contribution in [3.05, 3.63) is 59.7 Å². The fraction of sp³-hybridized carbons (Fsp3) is 0.188. The van der Waals surface area contributed by atoms with Crippen LogP contribution in [0.25, 0.3) is 5.78 Å². The highest BCUT2D eigenvalue weighted by Gasteiger charge is 2.13. The highest BCUT2D eigenvalue weighted by Crippen LogP contribution is 2.01. The number of carbonyl (C=O) groups is 2. The Labute approximate surface area is 137 Å². The first-order chi connectivity index (χ1) is 11.6. The second-order valence-corrected chi connectivity index (χ2v) is 5.11. The number of nitrogens with one attached hydrogen (secondary N) is 2. The molecule has 0 saturated carbocycles. The maximum atomic E-state index is 12.1. The van der Waals surface area contributed by atoms with Crippen LogP contribution >= 0.6 is 0 Å².